The van der Waals surface area contributed by atoms with E-state index >= 15 is 0 Å². The Hall–Kier alpha value is -0.290. The van der Waals surface area contributed by atoms with Gasteiger partial charge in [-0.2, -0.15) is 0 Å². The van der Waals surface area contributed by atoms with E-state index in [1.54, 1.807) is 0 Å². The van der Waals surface area contributed by atoms with Gasteiger partial charge in [0, 0.05) is 17.0 Å². The van der Waals surface area contributed by atoms with Gasteiger partial charge in [-0.3, -0.25) is 4.79 Å². The standard InChI is InChI=1S/C13H19ClN2OS.ClH/c1-8(11-6-7-12(14)18-11)13(17)16-10-4-2-9(15)3-5-10;/h6-10H,2-5,15H2,1H3,(H,16,17);1H. The lowest BCUT2D eigenvalue weighted by Crippen LogP contribution is -2.41. The van der Waals surface area contributed by atoms with Crippen molar-refractivity contribution in [1.82, 2.24) is 5.32 Å². The highest BCUT2D eigenvalue weighted by molar-refractivity contribution is 7.16. The zero-order chi connectivity index (χ0) is 13.1. The molecule has 0 aliphatic heterocycles. The number of rotatable bonds is 3. The van der Waals surface area contributed by atoms with Crippen LogP contribution in [0.15, 0.2) is 12.1 Å². The summed E-state index contributed by atoms with van der Waals surface area (Å²) in [4.78, 5) is 13.1. The van der Waals surface area contributed by atoms with Gasteiger partial charge in [0.25, 0.3) is 0 Å². The van der Waals surface area contributed by atoms with Gasteiger partial charge in [0.2, 0.25) is 5.91 Å². The van der Waals surface area contributed by atoms with Crippen molar-refractivity contribution >= 4 is 41.3 Å². The molecule has 2 rings (SSSR count). The average molecular weight is 323 g/mol. The van der Waals surface area contributed by atoms with Gasteiger partial charge in [0.15, 0.2) is 0 Å². The first-order valence-corrected chi connectivity index (χ1v) is 7.57. The minimum absolute atomic E-state index is 0. The molecule has 1 heterocycles. The molecule has 1 unspecified atom stereocenters. The van der Waals surface area contributed by atoms with Crippen LogP contribution >= 0.6 is 35.3 Å². The molecule has 1 aliphatic rings. The van der Waals surface area contributed by atoms with Crippen LogP contribution in [0.3, 0.4) is 0 Å². The van der Waals surface area contributed by atoms with Gasteiger partial charge in [-0.05, 0) is 44.7 Å². The fourth-order valence-corrected chi connectivity index (χ4v) is 3.39. The van der Waals surface area contributed by atoms with Crippen molar-refractivity contribution in [2.45, 2.75) is 50.6 Å². The third kappa shape index (κ3) is 4.63. The topological polar surface area (TPSA) is 55.1 Å². The number of hydrogen-bond acceptors (Lipinski definition) is 3. The highest BCUT2D eigenvalue weighted by atomic mass is 35.5. The van der Waals surface area contributed by atoms with E-state index < -0.39 is 0 Å². The van der Waals surface area contributed by atoms with E-state index in [0.29, 0.717) is 6.04 Å². The van der Waals surface area contributed by atoms with E-state index in [4.69, 9.17) is 17.3 Å². The molecule has 0 spiro atoms. The summed E-state index contributed by atoms with van der Waals surface area (Å²) in [7, 11) is 0. The van der Waals surface area contributed by atoms with Crippen LogP contribution in [0, 0.1) is 0 Å². The molecule has 3 nitrogen and oxygen atoms in total. The van der Waals surface area contributed by atoms with Crippen molar-refractivity contribution in [3.8, 4) is 0 Å². The molecule has 108 valence electrons. The Bertz CT molecular complexity index is 417. The number of halogens is 2. The Labute approximate surface area is 129 Å². The number of carbonyl (C=O) groups is 1. The molecule has 0 radical (unpaired) electrons. The first kappa shape index (κ1) is 16.8. The molecule has 1 aromatic rings. The van der Waals surface area contributed by atoms with Crippen molar-refractivity contribution in [2.75, 3.05) is 0 Å². The summed E-state index contributed by atoms with van der Waals surface area (Å²) in [5, 5.41) is 3.12. The number of carbonyl (C=O) groups excluding carboxylic acids is 1. The van der Waals surface area contributed by atoms with Crippen molar-refractivity contribution < 1.29 is 4.79 Å². The Kier molecular flexibility index (Phi) is 6.60. The maximum absolute atomic E-state index is 12.1. The molecule has 1 saturated carbocycles. The van der Waals surface area contributed by atoms with Gasteiger partial charge < -0.3 is 11.1 Å². The number of amides is 1. The third-order valence-corrected chi connectivity index (χ3v) is 4.95. The molecule has 1 aromatic heterocycles. The van der Waals surface area contributed by atoms with Gasteiger partial charge in [-0.1, -0.05) is 11.6 Å². The van der Waals surface area contributed by atoms with Crippen molar-refractivity contribution in [3.05, 3.63) is 21.3 Å². The van der Waals surface area contributed by atoms with Crippen LogP contribution in [0.1, 0.15) is 43.4 Å². The maximum atomic E-state index is 12.1. The molecule has 19 heavy (non-hydrogen) atoms. The van der Waals surface area contributed by atoms with Gasteiger partial charge in [-0.25, -0.2) is 0 Å². The summed E-state index contributed by atoms with van der Waals surface area (Å²) in [5.41, 5.74) is 5.86. The summed E-state index contributed by atoms with van der Waals surface area (Å²) < 4.78 is 0.730. The molecule has 1 atom stereocenters. The van der Waals surface area contributed by atoms with Crippen LogP contribution in [0.2, 0.25) is 4.34 Å². The number of nitrogens with two attached hydrogens (primary N) is 1. The van der Waals surface area contributed by atoms with E-state index in [9.17, 15) is 4.79 Å². The lowest BCUT2D eigenvalue weighted by molar-refractivity contribution is -0.123. The number of nitrogens with one attached hydrogen (secondary N) is 1. The SMILES string of the molecule is CC(C(=O)NC1CCC(N)CC1)c1ccc(Cl)s1.Cl. The second-order valence-electron chi connectivity index (χ2n) is 4.98. The van der Waals surface area contributed by atoms with Gasteiger partial charge in [0.05, 0.1) is 10.3 Å². The predicted molar refractivity (Wildman–Crippen MR) is 83.4 cm³/mol. The monoisotopic (exact) mass is 322 g/mol. The van der Waals surface area contributed by atoms with Gasteiger partial charge >= 0.3 is 0 Å². The van der Waals surface area contributed by atoms with E-state index in [1.165, 1.54) is 11.3 Å². The van der Waals surface area contributed by atoms with Crippen molar-refractivity contribution in [1.29, 1.82) is 0 Å². The summed E-state index contributed by atoms with van der Waals surface area (Å²) >= 11 is 7.36. The highest BCUT2D eigenvalue weighted by Crippen LogP contribution is 2.28. The van der Waals surface area contributed by atoms with E-state index in [1.807, 2.05) is 19.1 Å². The molecule has 1 fully saturated rings. The number of thiophene rings is 1. The summed E-state index contributed by atoms with van der Waals surface area (Å²) in [5.74, 6) is -0.0351. The molecule has 0 aromatic carbocycles. The lowest BCUT2D eigenvalue weighted by Gasteiger charge is -2.27. The Balaban J connectivity index is 0.00000180. The Morgan fingerprint density at radius 1 is 1.42 bits per heavy atom. The van der Waals surface area contributed by atoms with Crippen LogP contribution in [-0.4, -0.2) is 18.0 Å². The smallest absolute Gasteiger partial charge is 0.228 e. The van der Waals surface area contributed by atoms with E-state index in [2.05, 4.69) is 5.32 Å². The summed E-state index contributed by atoms with van der Waals surface area (Å²) in [6, 6.07) is 4.36. The highest BCUT2D eigenvalue weighted by Gasteiger charge is 2.23. The van der Waals surface area contributed by atoms with Crippen LogP contribution in [0.4, 0.5) is 0 Å². The lowest BCUT2D eigenvalue weighted by atomic mass is 9.91. The van der Waals surface area contributed by atoms with Crippen molar-refractivity contribution in [3.63, 3.8) is 0 Å². The third-order valence-electron chi connectivity index (χ3n) is 3.53. The van der Waals surface area contributed by atoms with E-state index in [-0.39, 0.29) is 30.3 Å². The molecule has 0 saturated heterocycles. The Morgan fingerprint density at radius 2 is 2.05 bits per heavy atom. The molecule has 3 N–H and O–H groups in total. The second-order valence-corrected chi connectivity index (χ2v) is 6.73. The van der Waals surface area contributed by atoms with E-state index in [0.717, 1.165) is 34.9 Å². The number of hydrogen-bond donors (Lipinski definition) is 2. The quantitative estimate of drug-likeness (QED) is 0.896. The minimum atomic E-state index is -0.127. The van der Waals surface area contributed by atoms with Crippen LogP contribution in [0.25, 0.3) is 0 Å². The van der Waals surface area contributed by atoms with Crippen molar-refractivity contribution in [2.24, 2.45) is 5.73 Å². The first-order valence-electron chi connectivity index (χ1n) is 6.37. The first-order chi connectivity index (χ1) is 8.56. The Morgan fingerprint density at radius 3 is 2.58 bits per heavy atom. The largest absolute Gasteiger partial charge is 0.353 e. The molecular formula is C13H20Cl2N2OS. The molecule has 0 bridgehead atoms. The maximum Gasteiger partial charge on any atom is 0.228 e. The predicted octanol–water partition coefficient (Wildman–Crippen LogP) is 3.31. The van der Waals surface area contributed by atoms with Crippen LogP contribution < -0.4 is 11.1 Å². The normalized spacial score (nSPS) is 24.4. The molecular weight excluding hydrogens is 303 g/mol. The minimum Gasteiger partial charge on any atom is -0.353 e. The van der Waals surface area contributed by atoms with Gasteiger partial charge in [0.1, 0.15) is 0 Å². The summed E-state index contributed by atoms with van der Waals surface area (Å²) in [6.07, 6.45) is 3.99. The van der Waals surface area contributed by atoms with Crippen LogP contribution in [-0.2, 0) is 4.79 Å². The fraction of sp³-hybridized carbons (Fsp3) is 0.615. The molecule has 6 heteroatoms. The zero-order valence-corrected chi connectivity index (χ0v) is 13.3. The fourth-order valence-electron chi connectivity index (χ4n) is 2.28. The molecule has 1 aliphatic carbocycles. The van der Waals surface area contributed by atoms with Gasteiger partial charge in [-0.15, -0.1) is 23.7 Å². The zero-order valence-electron chi connectivity index (χ0n) is 10.9. The van der Waals surface area contributed by atoms with Crippen LogP contribution in [0.5, 0.6) is 0 Å². The molecule has 1 amide bonds. The second kappa shape index (κ2) is 7.48. The average Bonchev–Trinajstić information content (AvgIpc) is 2.78. The summed E-state index contributed by atoms with van der Waals surface area (Å²) in [6.45, 7) is 1.92.